The van der Waals surface area contributed by atoms with Crippen LogP contribution in [0.5, 0.6) is 0 Å². The van der Waals surface area contributed by atoms with Gasteiger partial charge in [0.05, 0.1) is 24.1 Å². The second-order valence-corrected chi connectivity index (χ2v) is 17.7. The fourth-order valence-electron chi connectivity index (χ4n) is 6.16. The van der Waals surface area contributed by atoms with Gasteiger partial charge < -0.3 is 5.11 Å². The topological polar surface area (TPSA) is 130 Å². The van der Waals surface area contributed by atoms with E-state index in [4.69, 9.17) is 0 Å². The molecule has 0 aliphatic rings. The van der Waals surface area contributed by atoms with E-state index in [9.17, 15) is 26.7 Å². The zero-order valence-electron chi connectivity index (χ0n) is 30.7. The van der Waals surface area contributed by atoms with Crippen LogP contribution < -0.4 is 9.44 Å². The maximum atomic E-state index is 12.6. The van der Waals surface area contributed by atoms with Crippen LogP contribution in [0, 0.1) is 0 Å². The molecule has 0 saturated heterocycles. The van der Waals surface area contributed by atoms with E-state index >= 15 is 0 Å². The highest BCUT2D eigenvalue weighted by Crippen LogP contribution is 2.15. The zero-order valence-corrected chi connectivity index (χ0v) is 32.3. The quantitative estimate of drug-likeness (QED) is 0.0432. The van der Waals surface area contributed by atoms with E-state index in [1.807, 2.05) is 0 Å². The molecule has 282 valence electrons. The molecule has 0 saturated carbocycles. The molecule has 0 unspecified atom stereocenters. The number of hydrogen-bond acceptors (Lipinski definition) is 5. The van der Waals surface area contributed by atoms with Crippen LogP contribution in [0.25, 0.3) is 0 Å². The summed E-state index contributed by atoms with van der Waals surface area (Å²) >= 11 is 0. The second kappa shape index (κ2) is 32.5. The number of rotatable bonds is 38. The number of unbranched alkanes of at least 4 members (excludes halogenated alkanes) is 28. The number of carboxylic acids is 1. The predicted molar refractivity (Wildman–Crippen MR) is 200 cm³/mol. The van der Waals surface area contributed by atoms with Gasteiger partial charge in [0.1, 0.15) is 0 Å². The third-order valence-electron chi connectivity index (χ3n) is 9.06. The Hall–Kier alpha value is -0.710. The second-order valence-electron chi connectivity index (χ2n) is 13.9. The molecule has 0 heterocycles. The highest BCUT2D eigenvalue weighted by atomic mass is 32.2. The van der Waals surface area contributed by atoms with Gasteiger partial charge in [-0.15, -0.1) is 0 Å². The highest BCUT2D eigenvalue weighted by Gasteiger charge is 2.24. The van der Waals surface area contributed by atoms with Crippen LogP contribution in [0.1, 0.15) is 213 Å². The summed E-state index contributed by atoms with van der Waals surface area (Å²) in [5, 5.41) is 9.24. The molecule has 47 heavy (non-hydrogen) atoms. The first-order chi connectivity index (χ1) is 22.6. The first-order valence-electron chi connectivity index (χ1n) is 19.8. The summed E-state index contributed by atoms with van der Waals surface area (Å²) in [6.45, 7) is 4.49. The minimum atomic E-state index is -3.81. The summed E-state index contributed by atoms with van der Waals surface area (Å²) in [6, 6.07) is 0. The molecule has 0 rings (SSSR count). The number of carboxylic acid groups (broad SMARTS) is 1. The van der Waals surface area contributed by atoms with Crippen LogP contribution in [0.4, 0.5) is 0 Å². The van der Waals surface area contributed by atoms with Crippen LogP contribution >= 0.6 is 0 Å². The minimum absolute atomic E-state index is 0.137. The zero-order chi connectivity index (χ0) is 34.9. The normalized spacial score (nSPS) is 12.3. The minimum Gasteiger partial charge on any atom is -0.481 e. The number of nitrogens with one attached hydrogen (secondary N) is 2. The molecule has 0 fully saturated rings. The number of aliphatic carboxylic acids is 1. The van der Waals surface area contributed by atoms with Crippen LogP contribution in [0.15, 0.2) is 0 Å². The fourth-order valence-corrected chi connectivity index (χ4v) is 8.79. The summed E-state index contributed by atoms with van der Waals surface area (Å²) in [4.78, 5) is 11.3. The molecule has 3 N–H and O–H groups in total. The Labute approximate surface area is 291 Å². The molecule has 0 aromatic heterocycles. The number of sulfonamides is 2. The lowest BCUT2D eigenvalue weighted by atomic mass is 10.0. The molecule has 0 radical (unpaired) electrons. The molecule has 0 aromatic rings. The van der Waals surface area contributed by atoms with Gasteiger partial charge in [-0.05, 0) is 12.8 Å². The van der Waals surface area contributed by atoms with Crippen molar-refractivity contribution in [2.24, 2.45) is 0 Å². The highest BCUT2D eigenvalue weighted by molar-refractivity contribution is 7.90. The SMILES string of the molecule is CCCCCCCCCCCCCCCCCS(=O)(=O)NC(CC(=O)O)NS(=O)(=O)CCCCCCCCCCCCCCCCC. The molecule has 0 aliphatic carbocycles. The molecule has 0 amide bonds. The van der Waals surface area contributed by atoms with Crippen molar-refractivity contribution in [2.75, 3.05) is 11.5 Å². The lowest BCUT2D eigenvalue weighted by Gasteiger charge is -2.19. The first kappa shape index (κ1) is 46.3. The summed E-state index contributed by atoms with van der Waals surface area (Å²) in [5.41, 5.74) is 0. The van der Waals surface area contributed by atoms with E-state index in [-0.39, 0.29) is 11.5 Å². The molecule has 0 bridgehead atoms. The van der Waals surface area contributed by atoms with Gasteiger partial charge >= 0.3 is 5.97 Å². The molecule has 0 spiro atoms. The Balaban J connectivity index is 4.00. The Morgan fingerprint density at radius 3 is 0.851 bits per heavy atom. The van der Waals surface area contributed by atoms with Gasteiger partial charge in [0.25, 0.3) is 0 Å². The van der Waals surface area contributed by atoms with Crippen molar-refractivity contribution in [3.8, 4) is 0 Å². The van der Waals surface area contributed by atoms with Gasteiger partial charge in [-0.25, -0.2) is 16.8 Å². The largest absolute Gasteiger partial charge is 0.481 e. The van der Waals surface area contributed by atoms with Crippen molar-refractivity contribution < 1.29 is 26.7 Å². The van der Waals surface area contributed by atoms with Gasteiger partial charge in [0, 0.05) is 0 Å². The third-order valence-corrected chi connectivity index (χ3v) is 12.0. The predicted octanol–water partition coefficient (Wildman–Crippen LogP) is 10.4. The molecular weight excluding hydrogens is 633 g/mol. The maximum Gasteiger partial charge on any atom is 0.306 e. The van der Waals surface area contributed by atoms with E-state index in [0.717, 1.165) is 38.5 Å². The lowest BCUT2D eigenvalue weighted by molar-refractivity contribution is -0.137. The summed E-state index contributed by atoms with van der Waals surface area (Å²) in [6.07, 6.45) is 33.4. The lowest BCUT2D eigenvalue weighted by Crippen LogP contribution is -2.50. The van der Waals surface area contributed by atoms with E-state index in [2.05, 4.69) is 23.3 Å². The molecule has 0 aliphatic heterocycles. The molecule has 0 atom stereocenters. The Kier molecular flexibility index (Phi) is 32.0. The van der Waals surface area contributed by atoms with E-state index in [0.29, 0.717) is 12.8 Å². The van der Waals surface area contributed by atoms with Crippen LogP contribution in [0.3, 0.4) is 0 Å². The summed E-state index contributed by atoms with van der Waals surface area (Å²) in [7, 11) is -7.62. The van der Waals surface area contributed by atoms with Gasteiger partial charge in [-0.3, -0.25) is 4.79 Å². The van der Waals surface area contributed by atoms with Crippen LogP contribution in [-0.4, -0.2) is 45.6 Å². The standard InChI is InChI=1S/C37H76N2O6S2/c1-3-5-7-9-11-13-15-17-19-21-23-25-27-29-31-33-46(42,43)38-36(35-37(40)41)39-47(44,45)34-32-30-28-26-24-22-20-18-16-14-12-10-8-6-4-2/h36,38-39H,3-35H2,1-2H3,(H,40,41). The van der Waals surface area contributed by atoms with Crippen molar-refractivity contribution in [1.29, 1.82) is 0 Å². The Bertz CT molecular complexity index is 846. The van der Waals surface area contributed by atoms with E-state index in [1.165, 1.54) is 141 Å². The summed E-state index contributed by atoms with van der Waals surface area (Å²) in [5.74, 6) is -1.54. The van der Waals surface area contributed by atoms with E-state index in [1.54, 1.807) is 0 Å². The molecular formula is C37H76N2O6S2. The van der Waals surface area contributed by atoms with Crippen molar-refractivity contribution in [1.82, 2.24) is 9.44 Å². The summed E-state index contributed by atoms with van der Waals surface area (Å²) < 4.78 is 55.0. The van der Waals surface area contributed by atoms with Crippen molar-refractivity contribution >= 4 is 26.0 Å². The van der Waals surface area contributed by atoms with Gasteiger partial charge in [0.2, 0.25) is 20.0 Å². The van der Waals surface area contributed by atoms with Crippen LogP contribution in [0.2, 0.25) is 0 Å². The number of carbonyl (C=O) groups is 1. The maximum absolute atomic E-state index is 12.6. The monoisotopic (exact) mass is 709 g/mol. The fraction of sp³-hybridized carbons (Fsp3) is 0.973. The van der Waals surface area contributed by atoms with Gasteiger partial charge in [-0.2, -0.15) is 9.44 Å². The van der Waals surface area contributed by atoms with Crippen molar-refractivity contribution in [3.63, 3.8) is 0 Å². The van der Waals surface area contributed by atoms with Crippen molar-refractivity contribution in [2.45, 2.75) is 219 Å². The third kappa shape index (κ3) is 34.9. The molecule has 10 heteroatoms. The first-order valence-corrected chi connectivity index (χ1v) is 23.1. The Morgan fingerprint density at radius 1 is 0.426 bits per heavy atom. The number of hydrogen-bond donors (Lipinski definition) is 3. The molecule has 0 aromatic carbocycles. The van der Waals surface area contributed by atoms with Crippen LogP contribution in [-0.2, 0) is 24.8 Å². The molecule has 8 nitrogen and oxygen atoms in total. The van der Waals surface area contributed by atoms with Crippen molar-refractivity contribution in [3.05, 3.63) is 0 Å². The average Bonchev–Trinajstić information content (AvgIpc) is 3.00. The van der Waals surface area contributed by atoms with E-state index < -0.39 is 38.6 Å². The van der Waals surface area contributed by atoms with Gasteiger partial charge in [0.15, 0.2) is 0 Å². The Morgan fingerprint density at radius 2 is 0.638 bits per heavy atom. The average molecular weight is 709 g/mol. The smallest absolute Gasteiger partial charge is 0.306 e. The van der Waals surface area contributed by atoms with Gasteiger partial charge in [-0.1, -0.05) is 194 Å².